The SMILES string of the molecule is CC(C)C[C@H](NC(=O)CNC(=O)OCc1ccccc1)C(=O)N[C@@H](Cc1ccccc1)C(=O)O.O=CC(C(=O)O)c1c(F)cccc1F. The molecular formula is C34H37F2N3O9. The molecule has 3 aromatic rings. The zero-order valence-electron chi connectivity index (χ0n) is 26.2. The highest BCUT2D eigenvalue weighted by Crippen LogP contribution is 2.21. The van der Waals surface area contributed by atoms with E-state index in [0.717, 1.165) is 29.3 Å². The molecule has 48 heavy (non-hydrogen) atoms. The highest BCUT2D eigenvalue weighted by Gasteiger charge is 2.28. The van der Waals surface area contributed by atoms with Gasteiger partial charge in [0.2, 0.25) is 11.8 Å². The van der Waals surface area contributed by atoms with E-state index >= 15 is 0 Å². The minimum absolute atomic E-state index is 0.0101. The Labute approximate surface area is 275 Å². The van der Waals surface area contributed by atoms with Gasteiger partial charge in [-0.05, 0) is 35.6 Å². The number of carboxylic acid groups (broad SMARTS) is 2. The molecule has 0 spiro atoms. The summed E-state index contributed by atoms with van der Waals surface area (Å²) in [5, 5.41) is 25.5. The molecule has 1 unspecified atom stereocenters. The van der Waals surface area contributed by atoms with Crippen molar-refractivity contribution >= 4 is 36.1 Å². The summed E-state index contributed by atoms with van der Waals surface area (Å²) in [7, 11) is 0. The first-order chi connectivity index (χ1) is 22.8. The Morgan fingerprint density at radius 3 is 1.83 bits per heavy atom. The maximum absolute atomic E-state index is 13.0. The Hall–Kier alpha value is -5.66. The Morgan fingerprint density at radius 2 is 1.33 bits per heavy atom. The number of ether oxygens (including phenoxy) is 1. The summed E-state index contributed by atoms with van der Waals surface area (Å²) in [5.74, 6) is -7.76. The number of hydrogen-bond donors (Lipinski definition) is 5. The van der Waals surface area contributed by atoms with E-state index in [1.54, 1.807) is 36.4 Å². The number of aldehydes is 1. The molecule has 14 heteroatoms. The van der Waals surface area contributed by atoms with Gasteiger partial charge in [0.1, 0.15) is 49.1 Å². The van der Waals surface area contributed by atoms with E-state index in [1.165, 1.54) is 0 Å². The second kappa shape index (κ2) is 19.8. The van der Waals surface area contributed by atoms with Crippen LogP contribution in [0.1, 0.15) is 42.9 Å². The van der Waals surface area contributed by atoms with E-state index in [4.69, 9.17) is 9.84 Å². The lowest BCUT2D eigenvalue weighted by atomic mass is 10.00. The molecule has 0 bridgehead atoms. The van der Waals surface area contributed by atoms with E-state index in [0.29, 0.717) is 6.42 Å². The summed E-state index contributed by atoms with van der Waals surface area (Å²) in [6.07, 6.45) is -0.367. The topological polar surface area (TPSA) is 188 Å². The van der Waals surface area contributed by atoms with Gasteiger partial charge >= 0.3 is 18.0 Å². The molecule has 0 aromatic heterocycles. The average Bonchev–Trinajstić information content (AvgIpc) is 3.04. The molecule has 5 N–H and O–H groups in total. The number of halogens is 2. The van der Waals surface area contributed by atoms with Crippen LogP contribution < -0.4 is 16.0 Å². The monoisotopic (exact) mass is 669 g/mol. The van der Waals surface area contributed by atoms with Gasteiger partial charge in [0, 0.05) is 12.0 Å². The van der Waals surface area contributed by atoms with Crippen molar-refractivity contribution in [3.8, 4) is 0 Å². The van der Waals surface area contributed by atoms with Gasteiger partial charge < -0.3 is 35.7 Å². The highest BCUT2D eigenvalue weighted by molar-refractivity contribution is 5.93. The Bertz CT molecular complexity index is 1520. The van der Waals surface area contributed by atoms with Crippen LogP contribution in [0.3, 0.4) is 0 Å². The lowest BCUT2D eigenvalue weighted by molar-refractivity contribution is -0.142. The predicted octanol–water partition coefficient (Wildman–Crippen LogP) is 3.59. The van der Waals surface area contributed by atoms with Crippen molar-refractivity contribution in [1.29, 1.82) is 0 Å². The number of alkyl carbamates (subject to hydrolysis) is 1. The fraction of sp³-hybridized carbons (Fsp3) is 0.294. The van der Waals surface area contributed by atoms with Gasteiger partial charge in [0.25, 0.3) is 0 Å². The molecule has 12 nitrogen and oxygen atoms in total. The zero-order chi connectivity index (χ0) is 35.6. The number of carbonyl (C=O) groups excluding carboxylic acids is 4. The normalized spacial score (nSPS) is 12.3. The minimum atomic E-state index is -1.80. The number of aliphatic carboxylic acids is 2. The van der Waals surface area contributed by atoms with Crippen molar-refractivity contribution in [2.24, 2.45) is 5.92 Å². The third kappa shape index (κ3) is 13.4. The van der Waals surface area contributed by atoms with Gasteiger partial charge in [-0.25, -0.2) is 18.4 Å². The second-order valence-corrected chi connectivity index (χ2v) is 10.8. The second-order valence-electron chi connectivity index (χ2n) is 10.8. The van der Waals surface area contributed by atoms with Crippen molar-refractivity contribution in [1.82, 2.24) is 16.0 Å². The average molecular weight is 670 g/mol. The summed E-state index contributed by atoms with van der Waals surface area (Å²) in [6, 6.07) is 18.8. The molecule has 3 rings (SSSR count). The zero-order valence-corrected chi connectivity index (χ0v) is 26.2. The van der Waals surface area contributed by atoms with Gasteiger partial charge in [-0.2, -0.15) is 0 Å². The molecule has 0 aliphatic carbocycles. The number of nitrogens with one attached hydrogen (secondary N) is 3. The van der Waals surface area contributed by atoms with Crippen LogP contribution in [0.25, 0.3) is 0 Å². The van der Waals surface area contributed by atoms with Gasteiger partial charge in [0.15, 0.2) is 0 Å². The third-order valence-electron chi connectivity index (χ3n) is 6.57. The predicted molar refractivity (Wildman–Crippen MR) is 169 cm³/mol. The summed E-state index contributed by atoms with van der Waals surface area (Å²) in [4.78, 5) is 69.5. The number of benzene rings is 3. The van der Waals surface area contributed by atoms with Gasteiger partial charge in [-0.3, -0.25) is 14.4 Å². The summed E-state index contributed by atoms with van der Waals surface area (Å²) >= 11 is 0. The summed E-state index contributed by atoms with van der Waals surface area (Å²) in [6.45, 7) is 3.43. The first-order valence-corrected chi connectivity index (χ1v) is 14.7. The first-order valence-electron chi connectivity index (χ1n) is 14.7. The van der Waals surface area contributed by atoms with Crippen LogP contribution in [0.4, 0.5) is 13.6 Å². The van der Waals surface area contributed by atoms with E-state index < -0.39 is 65.0 Å². The number of carbonyl (C=O) groups is 6. The molecule has 0 saturated carbocycles. The Balaban J connectivity index is 0.000000476. The minimum Gasteiger partial charge on any atom is -0.480 e. The number of rotatable bonds is 15. The lowest BCUT2D eigenvalue weighted by Gasteiger charge is -2.23. The van der Waals surface area contributed by atoms with Crippen LogP contribution in [-0.4, -0.2) is 65.0 Å². The molecule has 0 saturated heterocycles. The van der Waals surface area contributed by atoms with Gasteiger partial charge in [-0.1, -0.05) is 80.6 Å². The summed E-state index contributed by atoms with van der Waals surface area (Å²) in [5.41, 5.74) is 0.840. The first kappa shape index (κ1) is 38.5. The molecule has 0 radical (unpaired) electrons. The molecule has 0 aliphatic heterocycles. The molecular weight excluding hydrogens is 632 g/mol. The van der Waals surface area contributed by atoms with Crippen molar-refractivity contribution in [2.45, 2.75) is 51.3 Å². The fourth-order valence-corrected chi connectivity index (χ4v) is 4.25. The highest BCUT2D eigenvalue weighted by atomic mass is 19.1. The van der Waals surface area contributed by atoms with Crippen LogP contribution in [-0.2, 0) is 41.7 Å². The Morgan fingerprint density at radius 1 is 0.771 bits per heavy atom. The van der Waals surface area contributed by atoms with Crippen molar-refractivity contribution in [3.05, 3.63) is 107 Å². The third-order valence-corrected chi connectivity index (χ3v) is 6.57. The number of carboxylic acids is 2. The smallest absolute Gasteiger partial charge is 0.407 e. The summed E-state index contributed by atoms with van der Waals surface area (Å²) < 4.78 is 31.0. The van der Waals surface area contributed by atoms with Crippen LogP contribution in [0.15, 0.2) is 78.9 Å². The van der Waals surface area contributed by atoms with Crippen LogP contribution >= 0.6 is 0 Å². The molecule has 3 amide bonds. The molecule has 0 aliphatic rings. The van der Waals surface area contributed by atoms with E-state index in [1.807, 2.05) is 38.1 Å². The maximum Gasteiger partial charge on any atom is 0.407 e. The van der Waals surface area contributed by atoms with Crippen LogP contribution in [0.5, 0.6) is 0 Å². The molecule has 256 valence electrons. The maximum atomic E-state index is 13.0. The molecule has 3 atom stereocenters. The van der Waals surface area contributed by atoms with Gasteiger partial charge in [0.05, 0.1) is 0 Å². The van der Waals surface area contributed by atoms with Crippen molar-refractivity contribution in [3.63, 3.8) is 0 Å². The van der Waals surface area contributed by atoms with E-state index in [-0.39, 0.29) is 31.8 Å². The molecule has 0 fully saturated rings. The number of hydrogen-bond acceptors (Lipinski definition) is 7. The fourth-order valence-electron chi connectivity index (χ4n) is 4.25. The molecule has 0 heterocycles. The number of amides is 3. The van der Waals surface area contributed by atoms with Crippen molar-refractivity contribution < 1.29 is 52.5 Å². The van der Waals surface area contributed by atoms with E-state index in [2.05, 4.69) is 16.0 Å². The largest absolute Gasteiger partial charge is 0.480 e. The lowest BCUT2D eigenvalue weighted by Crippen LogP contribution is -2.54. The van der Waals surface area contributed by atoms with Crippen molar-refractivity contribution in [2.75, 3.05) is 6.54 Å². The Kier molecular flexibility index (Phi) is 15.9. The van der Waals surface area contributed by atoms with Gasteiger partial charge in [-0.15, -0.1) is 0 Å². The quantitative estimate of drug-likeness (QED) is 0.119. The van der Waals surface area contributed by atoms with Crippen LogP contribution in [0.2, 0.25) is 0 Å². The van der Waals surface area contributed by atoms with Crippen LogP contribution in [0, 0.1) is 17.6 Å². The molecule has 3 aromatic carbocycles. The van der Waals surface area contributed by atoms with E-state index in [9.17, 15) is 42.7 Å². The standard InChI is InChI=1S/C25H31N3O6.C9H6F2O3/c1-17(2)13-20(23(30)28-21(24(31)32)14-18-9-5-3-6-10-18)27-22(29)15-26-25(33)34-16-19-11-7-4-8-12-19;10-6-2-1-3-7(11)8(6)5(4-12)9(13)14/h3-12,17,20-21H,13-16H2,1-2H3,(H,26,33)(H,27,29)(H,28,30)(H,31,32);1-5H,(H,13,14)/t20-,21-;/m0./s1.